The van der Waals surface area contributed by atoms with E-state index in [0.717, 1.165) is 33.6 Å². The molecule has 2 heterocycles. The van der Waals surface area contributed by atoms with E-state index in [9.17, 15) is 8.78 Å². The minimum absolute atomic E-state index is 0.0259. The topological polar surface area (TPSA) is 69.6 Å². The van der Waals surface area contributed by atoms with Crippen LogP contribution in [0.5, 0.6) is 0 Å². The zero-order valence-electron chi connectivity index (χ0n) is 13.6. The second-order valence-corrected chi connectivity index (χ2v) is 6.59. The number of benzene rings is 2. The third-order valence-electron chi connectivity index (χ3n) is 3.90. The van der Waals surface area contributed by atoms with Gasteiger partial charge in [0.2, 0.25) is 0 Å². The van der Waals surface area contributed by atoms with Crippen molar-refractivity contribution in [3.63, 3.8) is 0 Å². The van der Waals surface area contributed by atoms with Crippen LogP contribution < -0.4 is 5.73 Å². The fraction of sp³-hybridized carbons (Fsp3) is 0.0556. The highest BCUT2D eigenvalue weighted by Crippen LogP contribution is 2.32. The first-order chi connectivity index (χ1) is 12.5. The lowest BCUT2D eigenvalue weighted by Crippen LogP contribution is -2.05. The number of hydrogen-bond acceptors (Lipinski definition) is 5. The summed E-state index contributed by atoms with van der Waals surface area (Å²) < 4.78 is 28.2. The Balaban J connectivity index is 1.72. The standard InChI is InChI=1S/C18H13F2N5S/c1-10-2-4-11(5-3-10)14-9-26-18(22-14)16-17(21)25(24-23-16)15-7-6-12(19)8-13(15)20/h2-9H,21H2,1H3. The van der Waals surface area contributed by atoms with E-state index < -0.39 is 11.6 Å². The van der Waals surface area contributed by atoms with Crippen LogP contribution in [-0.4, -0.2) is 20.0 Å². The Morgan fingerprint density at radius 2 is 1.85 bits per heavy atom. The Bertz CT molecular complexity index is 1090. The third kappa shape index (κ3) is 2.84. The van der Waals surface area contributed by atoms with Gasteiger partial charge in [-0.05, 0) is 19.1 Å². The number of aromatic nitrogens is 4. The molecule has 0 amide bonds. The highest BCUT2D eigenvalue weighted by atomic mass is 32.1. The first-order valence-corrected chi connectivity index (χ1v) is 8.60. The van der Waals surface area contributed by atoms with Crippen molar-refractivity contribution >= 4 is 17.2 Å². The van der Waals surface area contributed by atoms with Crippen molar-refractivity contribution in [2.24, 2.45) is 0 Å². The summed E-state index contributed by atoms with van der Waals surface area (Å²) >= 11 is 1.37. The van der Waals surface area contributed by atoms with Crippen LogP contribution in [-0.2, 0) is 0 Å². The molecule has 5 nitrogen and oxygen atoms in total. The molecule has 0 spiro atoms. The van der Waals surface area contributed by atoms with Crippen molar-refractivity contribution < 1.29 is 8.78 Å². The van der Waals surface area contributed by atoms with Crippen LogP contribution in [0.4, 0.5) is 14.6 Å². The second kappa shape index (κ2) is 6.30. The van der Waals surface area contributed by atoms with Gasteiger partial charge in [-0.1, -0.05) is 35.0 Å². The molecule has 0 aliphatic heterocycles. The number of thiazole rings is 1. The SMILES string of the molecule is Cc1ccc(-c2csc(-c3nnn(-c4ccc(F)cc4F)c3N)n2)cc1. The number of rotatable bonds is 3. The molecule has 0 aliphatic rings. The van der Waals surface area contributed by atoms with Crippen molar-refractivity contribution in [3.05, 3.63) is 65.0 Å². The Labute approximate surface area is 151 Å². The van der Waals surface area contributed by atoms with Gasteiger partial charge in [0.25, 0.3) is 0 Å². The Hall–Kier alpha value is -3.13. The lowest BCUT2D eigenvalue weighted by Gasteiger charge is -2.04. The van der Waals surface area contributed by atoms with E-state index in [1.54, 1.807) is 0 Å². The second-order valence-electron chi connectivity index (χ2n) is 5.73. The number of hydrogen-bond donors (Lipinski definition) is 1. The van der Waals surface area contributed by atoms with Crippen molar-refractivity contribution in [2.75, 3.05) is 5.73 Å². The van der Waals surface area contributed by atoms with Gasteiger partial charge in [0.1, 0.15) is 16.5 Å². The lowest BCUT2D eigenvalue weighted by molar-refractivity contribution is 0.572. The number of aryl methyl sites for hydroxylation is 1. The van der Waals surface area contributed by atoms with Crippen LogP contribution in [0.15, 0.2) is 47.8 Å². The summed E-state index contributed by atoms with van der Waals surface area (Å²) in [6, 6.07) is 11.2. The van der Waals surface area contributed by atoms with Crippen LogP contribution in [0.3, 0.4) is 0 Å². The zero-order valence-corrected chi connectivity index (χ0v) is 14.5. The fourth-order valence-corrected chi connectivity index (χ4v) is 3.33. The number of nitrogen functional groups attached to an aromatic ring is 1. The molecule has 8 heteroatoms. The van der Waals surface area contributed by atoms with Gasteiger partial charge >= 0.3 is 0 Å². The largest absolute Gasteiger partial charge is 0.382 e. The molecule has 0 saturated carbocycles. The Morgan fingerprint density at radius 1 is 1.08 bits per heavy atom. The van der Waals surface area contributed by atoms with Crippen molar-refractivity contribution in [1.82, 2.24) is 20.0 Å². The molecule has 4 rings (SSSR count). The summed E-state index contributed by atoms with van der Waals surface area (Å²) in [5, 5.41) is 10.4. The average Bonchev–Trinajstić information content (AvgIpc) is 3.23. The average molecular weight is 369 g/mol. The van der Waals surface area contributed by atoms with Gasteiger partial charge in [0.15, 0.2) is 17.3 Å². The van der Waals surface area contributed by atoms with Crippen molar-refractivity contribution in [3.8, 4) is 27.6 Å². The minimum Gasteiger partial charge on any atom is -0.382 e. The van der Waals surface area contributed by atoms with Crippen LogP contribution in [0.25, 0.3) is 27.6 Å². The molecule has 26 heavy (non-hydrogen) atoms. The van der Waals surface area contributed by atoms with Gasteiger partial charge in [-0.2, -0.15) is 4.68 Å². The van der Waals surface area contributed by atoms with E-state index in [4.69, 9.17) is 5.73 Å². The van der Waals surface area contributed by atoms with Gasteiger partial charge in [-0.3, -0.25) is 0 Å². The van der Waals surface area contributed by atoms with E-state index in [2.05, 4.69) is 15.3 Å². The minimum atomic E-state index is -0.771. The molecule has 0 atom stereocenters. The van der Waals surface area contributed by atoms with Gasteiger partial charge in [0, 0.05) is 17.0 Å². The molecule has 0 bridgehead atoms. The highest BCUT2D eigenvalue weighted by molar-refractivity contribution is 7.13. The highest BCUT2D eigenvalue weighted by Gasteiger charge is 2.18. The number of anilines is 1. The summed E-state index contributed by atoms with van der Waals surface area (Å²) in [5.41, 5.74) is 9.41. The van der Waals surface area contributed by atoms with Crippen molar-refractivity contribution in [1.29, 1.82) is 0 Å². The number of nitrogens with zero attached hydrogens (tertiary/aromatic N) is 4. The first kappa shape index (κ1) is 16.3. The molecule has 0 saturated heterocycles. The van der Waals surface area contributed by atoms with Gasteiger partial charge in [0.05, 0.1) is 5.69 Å². The smallest absolute Gasteiger partial charge is 0.165 e. The Kier molecular flexibility index (Phi) is 3.96. The molecular formula is C18H13F2N5S. The van der Waals surface area contributed by atoms with Crippen LogP contribution in [0.1, 0.15) is 5.56 Å². The maximum absolute atomic E-state index is 14.0. The van der Waals surface area contributed by atoms with Gasteiger partial charge < -0.3 is 5.73 Å². The molecule has 2 N–H and O–H groups in total. The third-order valence-corrected chi connectivity index (χ3v) is 4.75. The molecular weight excluding hydrogens is 356 g/mol. The number of nitrogens with two attached hydrogens (primary N) is 1. The Morgan fingerprint density at radius 3 is 2.58 bits per heavy atom. The molecule has 0 aliphatic carbocycles. The van der Waals surface area contributed by atoms with E-state index >= 15 is 0 Å². The molecule has 2 aromatic heterocycles. The molecule has 0 radical (unpaired) electrons. The maximum Gasteiger partial charge on any atom is 0.165 e. The normalized spacial score (nSPS) is 11.0. The first-order valence-electron chi connectivity index (χ1n) is 7.72. The molecule has 0 fully saturated rings. The zero-order chi connectivity index (χ0) is 18.3. The molecule has 0 unspecified atom stereocenters. The summed E-state index contributed by atoms with van der Waals surface area (Å²) in [6.45, 7) is 2.02. The molecule has 4 aromatic rings. The van der Waals surface area contributed by atoms with E-state index in [0.29, 0.717) is 10.7 Å². The van der Waals surface area contributed by atoms with Crippen LogP contribution >= 0.6 is 11.3 Å². The molecule has 2 aromatic carbocycles. The summed E-state index contributed by atoms with van der Waals surface area (Å²) in [4.78, 5) is 4.55. The number of halogens is 2. The van der Waals surface area contributed by atoms with Crippen molar-refractivity contribution in [2.45, 2.75) is 6.92 Å². The molecule has 130 valence electrons. The monoisotopic (exact) mass is 369 g/mol. The fourth-order valence-electron chi connectivity index (χ4n) is 2.51. The maximum atomic E-state index is 14.0. The summed E-state index contributed by atoms with van der Waals surface area (Å²) in [7, 11) is 0. The van der Waals surface area contributed by atoms with Gasteiger partial charge in [-0.15, -0.1) is 16.4 Å². The van der Waals surface area contributed by atoms with E-state index in [1.807, 2.05) is 36.6 Å². The van der Waals surface area contributed by atoms with Crippen LogP contribution in [0.2, 0.25) is 0 Å². The van der Waals surface area contributed by atoms with E-state index in [-0.39, 0.29) is 11.5 Å². The summed E-state index contributed by atoms with van der Waals surface area (Å²) in [5.74, 6) is -1.30. The van der Waals surface area contributed by atoms with Gasteiger partial charge in [-0.25, -0.2) is 13.8 Å². The quantitative estimate of drug-likeness (QED) is 0.587. The van der Waals surface area contributed by atoms with Crippen LogP contribution in [0, 0.1) is 18.6 Å². The predicted octanol–water partition coefficient (Wildman–Crippen LogP) is 4.23. The lowest BCUT2D eigenvalue weighted by atomic mass is 10.1. The summed E-state index contributed by atoms with van der Waals surface area (Å²) in [6.07, 6.45) is 0. The predicted molar refractivity (Wildman–Crippen MR) is 97.0 cm³/mol. The van der Waals surface area contributed by atoms with E-state index in [1.165, 1.54) is 17.4 Å².